The lowest BCUT2D eigenvalue weighted by molar-refractivity contribution is 0.262. The SMILES string of the molecule is CCC[C@H](Br)[C@H](N)CO. The lowest BCUT2D eigenvalue weighted by atomic mass is 10.1. The molecule has 0 saturated carbocycles. The predicted molar refractivity (Wildman–Crippen MR) is 42.7 cm³/mol. The van der Waals surface area contributed by atoms with Crippen LogP contribution in [-0.2, 0) is 0 Å². The zero-order valence-electron chi connectivity index (χ0n) is 5.68. The van der Waals surface area contributed by atoms with E-state index in [0.29, 0.717) is 0 Å². The zero-order chi connectivity index (χ0) is 7.28. The molecule has 0 aliphatic heterocycles. The van der Waals surface area contributed by atoms with Crippen molar-refractivity contribution in [1.82, 2.24) is 0 Å². The van der Waals surface area contributed by atoms with Gasteiger partial charge in [0.15, 0.2) is 0 Å². The molecule has 0 saturated heterocycles. The van der Waals surface area contributed by atoms with Gasteiger partial charge in [-0.3, -0.25) is 0 Å². The largest absolute Gasteiger partial charge is 0.395 e. The maximum Gasteiger partial charge on any atom is 0.0593 e. The van der Waals surface area contributed by atoms with Crippen LogP contribution in [0.1, 0.15) is 19.8 Å². The number of aliphatic hydroxyl groups is 1. The highest BCUT2D eigenvalue weighted by molar-refractivity contribution is 9.09. The van der Waals surface area contributed by atoms with E-state index in [9.17, 15) is 0 Å². The molecule has 0 heterocycles. The second-order valence-corrected chi connectivity index (χ2v) is 3.33. The van der Waals surface area contributed by atoms with Crippen LogP contribution in [0.25, 0.3) is 0 Å². The number of hydrogen-bond acceptors (Lipinski definition) is 2. The second kappa shape index (κ2) is 5.21. The number of alkyl halides is 1. The third-order valence-electron chi connectivity index (χ3n) is 1.24. The van der Waals surface area contributed by atoms with Gasteiger partial charge in [-0.15, -0.1) is 0 Å². The van der Waals surface area contributed by atoms with Crippen molar-refractivity contribution in [2.45, 2.75) is 30.6 Å². The van der Waals surface area contributed by atoms with E-state index in [1.807, 2.05) is 0 Å². The summed E-state index contributed by atoms with van der Waals surface area (Å²) < 4.78 is 0. The molecule has 0 amide bonds. The zero-order valence-corrected chi connectivity index (χ0v) is 7.26. The molecule has 0 unspecified atom stereocenters. The van der Waals surface area contributed by atoms with Crippen molar-refractivity contribution >= 4 is 15.9 Å². The van der Waals surface area contributed by atoms with Gasteiger partial charge in [-0.2, -0.15) is 0 Å². The molecular formula is C6H14BrNO. The summed E-state index contributed by atoms with van der Waals surface area (Å²) in [5.74, 6) is 0. The molecule has 0 radical (unpaired) electrons. The number of aliphatic hydroxyl groups excluding tert-OH is 1. The van der Waals surface area contributed by atoms with Crippen LogP contribution in [-0.4, -0.2) is 22.6 Å². The Morgan fingerprint density at radius 3 is 2.56 bits per heavy atom. The Morgan fingerprint density at radius 2 is 2.22 bits per heavy atom. The molecule has 9 heavy (non-hydrogen) atoms. The molecule has 0 aliphatic rings. The van der Waals surface area contributed by atoms with E-state index >= 15 is 0 Å². The van der Waals surface area contributed by atoms with Gasteiger partial charge < -0.3 is 10.8 Å². The van der Waals surface area contributed by atoms with Crippen LogP contribution < -0.4 is 5.73 Å². The Hall–Kier alpha value is 0.400. The summed E-state index contributed by atoms with van der Waals surface area (Å²) in [6.45, 7) is 2.16. The molecule has 0 bridgehead atoms. The van der Waals surface area contributed by atoms with E-state index in [4.69, 9.17) is 10.8 Å². The Kier molecular flexibility index (Phi) is 5.44. The number of hydrogen-bond donors (Lipinski definition) is 2. The lowest BCUT2D eigenvalue weighted by Crippen LogP contribution is -2.33. The third-order valence-corrected chi connectivity index (χ3v) is 2.38. The van der Waals surface area contributed by atoms with Gasteiger partial charge >= 0.3 is 0 Å². The van der Waals surface area contributed by atoms with Crippen LogP contribution >= 0.6 is 15.9 Å². The van der Waals surface area contributed by atoms with Crippen molar-refractivity contribution < 1.29 is 5.11 Å². The normalized spacial score (nSPS) is 17.3. The summed E-state index contributed by atoms with van der Waals surface area (Å²) in [5.41, 5.74) is 5.51. The first-order valence-electron chi connectivity index (χ1n) is 3.22. The fourth-order valence-corrected chi connectivity index (χ4v) is 1.23. The lowest BCUT2D eigenvalue weighted by Gasteiger charge is -2.13. The van der Waals surface area contributed by atoms with Crippen molar-refractivity contribution in [3.63, 3.8) is 0 Å². The third kappa shape index (κ3) is 3.89. The number of rotatable bonds is 4. The van der Waals surface area contributed by atoms with Gasteiger partial charge in [-0.05, 0) is 6.42 Å². The fraction of sp³-hybridized carbons (Fsp3) is 1.00. The van der Waals surface area contributed by atoms with E-state index in [1.165, 1.54) is 0 Å². The van der Waals surface area contributed by atoms with E-state index in [1.54, 1.807) is 0 Å². The summed E-state index contributed by atoms with van der Waals surface area (Å²) >= 11 is 3.38. The number of halogens is 1. The first kappa shape index (κ1) is 9.40. The van der Waals surface area contributed by atoms with Gasteiger partial charge in [0.05, 0.1) is 6.61 Å². The molecule has 3 N–H and O–H groups in total. The summed E-state index contributed by atoms with van der Waals surface area (Å²) in [7, 11) is 0. The predicted octanol–water partition coefficient (Wildman–Crippen LogP) is 0.870. The molecule has 0 rings (SSSR count). The maximum atomic E-state index is 8.58. The molecule has 2 atom stereocenters. The standard InChI is InChI=1S/C6H14BrNO/c1-2-3-5(7)6(8)4-9/h5-6,9H,2-4,8H2,1H3/t5-,6+/m0/s1. The first-order valence-corrected chi connectivity index (χ1v) is 4.14. The molecule has 0 spiro atoms. The molecule has 0 aromatic carbocycles. The highest BCUT2D eigenvalue weighted by atomic mass is 79.9. The Balaban J connectivity index is 3.32. The Labute approximate surface area is 64.6 Å². The summed E-state index contributed by atoms with van der Waals surface area (Å²) in [6.07, 6.45) is 2.13. The van der Waals surface area contributed by atoms with Crippen LogP contribution in [0.2, 0.25) is 0 Å². The molecular weight excluding hydrogens is 182 g/mol. The van der Waals surface area contributed by atoms with Crippen LogP contribution in [0.3, 0.4) is 0 Å². The Bertz CT molecular complexity index is 70.1. The van der Waals surface area contributed by atoms with Crippen molar-refractivity contribution in [1.29, 1.82) is 0 Å². The molecule has 0 aromatic rings. The van der Waals surface area contributed by atoms with Gasteiger partial charge in [-0.25, -0.2) is 0 Å². The topological polar surface area (TPSA) is 46.2 Å². The molecule has 3 heteroatoms. The summed E-state index contributed by atoms with van der Waals surface area (Å²) in [4.78, 5) is 0.271. The number of nitrogens with two attached hydrogens (primary N) is 1. The molecule has 56 valence electrons. The summed E-state index contributed by atoms with van der Waals surface area (Å²) in [5, 5.41) is 8.58. The van der Waals surface area contributed by atoms with Gasteiger partial charge in [0.2, 0.25) is 0 Å². The minimum atomic E-state index is -0.107. The average Bonchev–Trinajstić information content (AvgIpc) is 1.87. The van der Waals surface area contributed by atoms with Crippen molar-refractivity contribution in [3.8, 4) is 0 Å². The van der Waals surface area contributed by atoms with E-state index in [0.717, 1.165) is 12.8 Å². The monoisotopic (exact) mass is 195 g/mol. The molecule has 0 fully saturated rings. The van der Waals surface area contributed by atoms with Gasteiger partial charge in [0.25, 0.3) is 0 Å². The van der Waals surface area contributed by atoms with Gasteiger partial charge in [0.1, 0.15) is 0 Å². The first-order chi connectivity index (χ1) is 4.22. The molecule has 0 aliphatic carbocycles. The minimum absolute atomic E-state index is 0.0654. The second-order valence-electron chi connectivity index (χ2n) is 2.15. The fourth-order valence-electron chi connectivity index (χ4n) is 0.604. The molecule has 0 aromatic heterocycles. The molecule has 2 nitrogen and oxygen atoms in total. The van der Waals surface area contributed by atoms with Gasteiger partial charge in [0, 0.05) is 10.9 Å². The van der Waals surface area contributed by atoms with Crippen molar-refractivity contribution in [2.24, 2.45) is 5.73 Å². The smallest absolute Gasteiger partial charge is 0.0593 e. The summed E-state index contributed by atoms with van der Waals surface area (Å²) in [6, 6.07) is -0.107. The van der Waals surface area contributed by atoms with Crippen LogP contribution in [0.4, 0.5) is 0 Å². The van der Waals surface area contributed by atoms with Crippen LogP contribution in [0.15, 0.2) is 0 Å². The Morgan fingerprint density at radius 1 is 1.67 bits per heavy atom. The quantitative estimate of drug-likeness (QED) is 0.655. The highest BCUT2D eigenvalue weighted by Gasteiger charge is 2.10. The van der Waals surface area contributed by atoms with Crippen LogP contribution in [0, 0.1) is 0 Å². The van der Waals surface area contributed by atoms with E-state index in [2.05, 4.69) is 22.9 Å². The van der Waals surface area contributed by atoms with Crippen molar-refractivity contribution in [2.75, 3.05) is 6.61 Å². The maximum absolute atomic E-state index is 8.58. The highest BCUT2D eigenvalue weighted by Crippen LogP contribution is 2.10. The average molecular weight is 196 g/mol. The van der Waals surface area contributed by atoms with Gasteiger partial charge in [-0.1, -0.05) is 29.3 Å². The van der Waals surface area contributed by atoms with E-state index < -0.39 is 0 Å². The van der Waals surface area contributed by atoms with Crippen LogP contribution in [0.5, 0.6) is 0 Å². The minimum Gasteiger partial charge on any atom is -0.395 e. The van der Waals surface area contributed by atoms with Crippen molar-refractivity contribution in [3.05, 3.63) is 0 Å². The van der Waals surface area contributed by atoms with E-state index in [-0.39, 0.29) is 17.5 Å².